The Morgan fingerprint density at radius 3 is 1.33 bits per heavy atom. The van der Waals surface area contributed by atoms with E-state index < -0.39 is 0 Å². The van der Waals surface area contributed by atoms with Gasteiger partial charge in [0.1, 0.15) is 0 Å². The Labute approximate surface area is 208 Å². The molecule has 0 aromatic carbocycles. The van der Waals surface area contributed by atoms with Crippen LogP contribution in [0.4, 0.5) is 0 Å². The van der Waals surface area contributed by atoms with Crippen molar-refractivity contribution >= 4 is 0 Å². The van der Waals surface area contributed by atoms with Crippen LogP contribution in [0.15, 0.2) is 71.4 Å². The molecule has 0 radical (unpaired) electrons. The Morgan fingerprint density at radius 1 is 0.515 bits per heavy atom. The van der Waals surface area contributed by atoms with Gasteiger partial charge in [0.05, 0.1) is 0 Å². The lowest BCUT2D eigenvalue weighted by Crippen LogP contribution is -2.02. The molecule has 0 heteroatoms. The van der Waals surface area contributed by atoms with Crippen molar-refractivity contribution in [3.63, 3.8) is 0 Å². The summed E-state index contributed by atoms with van der Waals surface area (Å²) in [7, 11) is 0. The molecule has 0 bridgehead atoms. The minimum absolute atomic E-state index is 0.600. The lowest BCUT2D eigenvalue weighted by atomic mass is 9.88. The molecule has 188 valence electrons. The van der Waals surface area contributed by atoms with Crippen molar-refractivity contribution < 1.29 is 0 Å². The molecule has 33 heavy (non-hydrogen) atoms. The van der Waals surface area contributed by atoms with Gasteiger partial charge in [0, 0.05) is 0 Å². The quantitative estimate of drug-likeness (QED) is 0.143. The van der Waals surface area contributed by atoms with Crippen LogP contribution in [-0.4, -0.2) is 0 Å². The summed E-state index contributed by atoms with van der Waals surface area (Å²) in [6.45, 7) is 30.5. The molecule has 0 saturated heterocycles. The molecular weight excluding hydrogens is 396 g/mol. The van der Waals surface area contributed by atoms with Crippen molar-refractivity contribution in [3.8, 4) is 0 Å². The van der Waals surface area contributed by atoms with E-state index in [4.69, 9.17) is 0 Å². The molecule has 0 aromatic rings. The Morgan fingerprint density at radius 2 is 0.879 bits per heavy atom. The first-order valence-corrected chi connectivity index (χ1v) is 13.4. The van der Waals surface area contributed by atoms with Gasteiger partial charge in [0.2, 0.25) is 0 Å². The lowest BCUT2D eigenvalue weighted by Gasteiger charge is -2.17. The fourth-order valence-corrected chi connectivity index (χ4v) is 3.75. The van der Waals surface area contributed by atoms with Gasteiger partial charge < -0.3 is 0 Å². The third-order valence-corrected chi connectivity index (χ3v) is 7.41. The number of allylic oxidation sites excluding steroid dienone is 9. The van der Waals surface area contributed by atoms with Gasteiger partial charge in [-0.1, -0.05) is 92.2 Å². The van der Waals surface area contributed by atoms with Crippen molar-refractivity contribution in [1.29, 1.82) is 0 Å². The van der Waals surface area contributed by atoms with E-state index in [1.807, 2.05) is 0 Å². The maximum Gasteiger partial charge on any atom is -0.0231 e. The second-order valence-electron chi connectivity index (χ2n) is 10.9. The Kier molecular flexibility index (Phi) is 17.0. The van der Waals surface area contributed by atoms with Crippen LogP contribution in [0.5, 0.6) is 0 Å². The first kappa shape index (κ1) is 31.4. The molecule has 3 unspecified atom stereocenters. The largest absolute Gasteiger partial charge is 0.0999 e. The van der Waals surface area contributed by atoms with Crippen LogP contribution in [0.25, 0.3) is 0 Å². The van der Waals surface area contributed by atoms with Crippen LogP contribution in [0, 0.1) is 17.8 Å². The standard InChI is InChI=1S/C33H56/c1-25(2)30(8)21-19-29(7)18-14-17-27(5)15-12-13-16-28(6)20-22-32(10)33(11)24-23-31(9)26(3)4/h15-16,18,30-32H,1,3,11-14,17,19-24H2,2,4-10H3/b27-15+,28-16+,29-18+. The molecule has 0 heterocycles. The second-order valence-corrected chi connectivity index (χ2v) is 10.9. The van der Waals surface area contributed by atoms with Gasteiger partial charge in [-0.05, 0) is 117 Å². The molecule has 0 saturated carbocycles. The van der Waals surface area contributed by atoms with Gasteiger partial charge in [0.25, 0.3) is 0 Å². The van der Waals surface area contributed by atoms with Gasteiger partial charge in [-0.15, -0.1) is 0 Å². The summed E-state index contributed by atoms with van der Waals surface area (Å²) in [6, 6.07) is 0. The third kappa shape index (κ3) is 16.7. The van der Waals surface area contributed by atoms with Gasteiger partial charge in [-0.25, -0.2) is 0 Å². The number of hydrogen-bond donors (Lipinski definition) is 0. The summed E-state index contributed by atoms with van der Waals surface area (Å²) in [5.74, 6) is 1.83. The fraction of sp³-hybridized carbons (Fsp3) is 0.636. The van der Waals surface area contributed by atoms with Crippen LogP contribution in [-0.2, 0) is 0 Å². The minimum atomic E-state index is 0.600. The molecule has 0 aliphatic carbocycles. The lowest BCUT2D eigenvalue weighted by molar-refractivity contribution is 0.543. The molecule has 0 spiro atoms. The number of rotatable bonds is 18. The van der Waals surface area contributed by atoms with E-state index in [0.29, 0.717) is 17.8 Å². The molecule has 0 aliphatic rings. The first-order chi connectivity index (χ1) is 15.4. The van der Waals surface area contributed by atoms with Crippen molar-refractivity contribution in [2.75, 3.05) is 0 Å². The predicted octanol–water partition coefficient (Wildman–Crippen LogP) is 11.3. The Bertz CT molecular complexity index is 694. The van der Waals surface area contributed by atoms with Crippen LogP contribution >= 0.6 is 0 Å². The zero-order valence-corrected chi connectivity index (χ0v) is 23.7. The highest BCUT2D eigenvalue weighted by molar-refractivity contribution is 5.07. The Hall–Kier alpha value is -1.56. The highest BCUT2D eigenvalue weighted by atomic mass is 14.2. The van der Waals surface area contributed by atoms with E-state index in [1.165, 1.54) is 72.0 Å². The Balaban J connectivity index is 4.15. The van der Waals surface area contributed by atoms with E-state index in [0.717, 1.165) is 25.7 Å². The van der Waals surface area contributed by atoms with E-state index in [9.17, 15) is 0 Å². The molecule has 0 N–H and O–H groups in total. The first-order valence-electron chi connectivity index (χ1n) is 13.4. The average molecular weight is 453 g/mol. The highest BCUT2D eigenvalue weighted by Crippen LogP contribution is 2.25. The molecule has 0 aromatic heterocycles. The maximum absolute atomic E-state index is 4.35. The zero-order chi connectivity index (χ0) is 25.4. The van der Waals surface area contributed by atoms with Crippen molar-refractivity contribution in [2.45, 2.75) is 120 Å². The van der Waals surface area contributed by atoms with E-state index in [-0.39, 0.29) is 0 Å². The summed E-state index contributed by atoms with van der Waals surface area (Å²) < 4.78 is 0. The van der Waals surface area contributed by atoms with Crippen molar-refractivity contribution in [3.05, 3.63) is 71.4 Å². The van der Waals surface area contributed by atoms with Crippen LogP contribution in [0.2, 0.25) is 0 Å². The molecular formula is C33H56. The fourth-order valence-electron chi connectivity index (χ4n) is 3.75. The normalized spacial score (nSPS) is 15.8. The van der Waals surface area contributed by atoms with Crippen molar-refractivity contribution in [2.24, 2.45) is 17.8 Å². The average Bonchev–Trinajstić information content (AvgIpc) is 2.76. The van der Waals surface area contributed by atoms with E-state index in [2.05, 4.69) is 93.4 Å². The van der Waals surface area contributed by atoms with E-state index in [1.54, 1.807) is 0 Å². The molecule has 0 fully saturated rings. The topological polar surface area (TPSA) is 0 Å². The zero-order valence-electron chi connectivity index (χ0n) is 23.7. The van der Waals surface area contributed by atoms with Crippen LogP contribution in [0.1, 0.15) is 120 Å². The monoisotopic (exact) mass is 452 g/mol. The summed E-state index contributed by atoms with van der Waals surface area (Å²) in [6.07, 6.45) is 19.1. The van der Waals surface area contributed by atoms with Crippen molar-refractivity contribution in [1.82, 2.24) is 0 Å². The SMILES string of the molecule is C=C(C)C(C)CCC(=C)C(C)CC/C(C)=C/CC/C=C(\C)CC/C=C(\C)CCC(C)C(=C)C. The summed E-state index contributed by atoms with van der Waals surface area (Å²) in [4.78, 5) is 0. The molecule has 3 atom stereocenters. The maximum atomic E-state index is 4.35. The summed E-state index contributed by atoms with van der Waals surface area (Å²) in [5.41, 5.74) is 8.57. The molecule has 0 nitrogen and oxygen atoms in total. The van der Waals surface area contributed by atoms with Gasteiger partial charge in [-0.3, -0.25) is 0 Å². The predicted molar refractivity (Wildman–Crippen MR) is 154 cm³/mol. The summed E-state index contributed by atoms with van der Waals surface area (Å²) >= 11 is 0. The number of unbranched alkanes of at least 4 members (excludes halogenated alkanes) is 1. The highest BCUT2D eigenvalue weighted by Gasteiger charge is 2.10. The number of hydrogen-bond acceptors (Lipinski definition) is 0. The van der Waals surface area contributed by atoms with Gasteiger partial charge in [-0.2, -0.15) is 0 Å². The molecule has 0 rings (SSSR count). The third-order valence-electron chi connectivity index (χ3n) is 7.41. The van der Waals surface area contributed by atoms with Crippen LogP contribution in [0.3, 0.4) is 0 Å². The van der Waals surface area contributed by atoms with E-state index >= 15 is 0 Å². The molecule has 0 aliphatic heterocycles. The minimum Gasteiger partial charge on any atom is -0.0999 e. The second kappa shape index (κ2) is 17.9. The van der Waals surface area contributed by atoms with Gasteiger partial charge >= 0.3 is 0 Å². The van der Waals surface area contributed by atoms with Gasteiger partial charge in [0.15, 0.2) is 0 Å². The molecule has 0 amide bonds. The van der Waals surface area contributed by atoms with Crippen LogP contribution < -0.4 is 0 Å². The summed E-state index contributed by atoms with van der Waals surface area (Å²) in [5, 5.41) is 0. The smallest absolute Gasteiger partial charge is 0.0231 e.